The fourth-order valence-electron chi connectivity index (χ4n) is 5.33. The van der Waals surface area contributed by atoms with E-state index in [2.05, 4.69) is 82.1 Å². The Hall–Kier alpha value is -2.96. The van der Waals surface area contributed by atoms with Crippen LogP contribution < -0.4 is 0 Å². The Morgan fingerprint density at radius 2 is 1.68 bits per heavy atom. The van der Waals surface area contributed by atoms with Crippen LogP contribution in [-0.4, -0.2) is 48.8 Å². The third-order valence-corrected chi connectivity index (χ3v) is 7.84. The second-order valence-electron chi connectivity index (χ2n) is 12.1. The molecule has 7 heteroatoms. The number of likely N-dealkylation sites (tertiary alicyclic amines) is 1. The lowest BCUT2D eigenvalue weighted by Crippen LogP contribution is -2.49. The molecule has 7 nitrogen and oxygen atoms in total. The number of rotatable bonds is 8. The van der Waals surface area contributed by atoms with Crippen LogP contribution in [0.15, 0.2) is 46.3 Å². The summed E-state index contributed by atoms with van der Waals surface area (Å²) in [6.07, 6.45) is 10.1. The summed E-state index contributed by atoms with van der Waals surface area (Å²) in [5, 5.41) is 8.80. The lowest BCUT2D eigenvalue weighted by atomic mass is 9.75. The lowest BCUT2D eigenvalue weighted by Gasteiger charge is -2.36. The van der Waals surface area contributed by atoms with E-state index in [1.807, 2.05) is 18.5 Å². The zero-order valence-electron chi connectivity index (χ0n) is 25.8. The fourth-order valence-corrected chi connectivity index (χ4v) is 5.33. The number of Topliss-reactive ketones (excluding diaryl/α,β-unsaturated/α-hetero) is 1. The first kappa shape index (κ1) is 35.1. The first-order valence-electron chi connectivity index (χ1n) is 14.6. The summed E-state index contributed by atoms with van der Waals surface area (Å²) in [6.45, 7) is 19.0. The molecular weight excluding hydrogens is 502 g/mol. The molecule has 2 fully saturated rings. The number of ketones is 1. The van der Waals surface area contributed by atoms with Gasteiger partial charge < -0.3 is 14.5 Å². The Bertz CT molecular complexity index is 997. The van der Waals surface area contributed by atoms with Crippen molar-refractivity contribution in [1.29, 1.82) is 0 Å². The van der Waals surface area contributed by atoms with Crippen LogP contribution in [0.4, 0.5) is 0 Å². The van der Waals surface area contributed by atoms with E-state index in [1.54, 1.807) is 6.92 Å². The molecule has 1 aromatic carbocycles. The average molecular weight is 556 g/mol. The maximum absolute atomic E-state index is 13.5. The largest absolute Gasteiger partial charge is 0.332 e. The van der Waals surface area contributed by atoms with Gasteiger partial charge in [-0.25, -0.2) is 0 Å². The van der Waals surface area contributed by atoms with Crippen molar-refractivity contribution >= 4 is 25.3 Å². The molecule has 0 radical (unpaired) electrons. The fraction of sp³-hybridized carbons (Fsp3) is 0.636. The van der Waals surface area contributed by atoms with Crippen LogP contribution in [0.25, 0.3) is 0 Å². The molecule has 1 saturated carbocycles. The van der Waals surface area contributed by atoms with E-state index in [0.29, 0.717) is 18.4 Å². The molecule has 2 aliphatic heterocycles. The summed E-state index contributed by atoms with van der Waals surface area (Å²) in [5.41, 5.74) is 3.65. The van der Waals surface area contributed by atoms with Crippen LogP contribution in [-0.2, 0) is 25.6 Å². The van der Waals surface area contributed by atoms with Crippen molar-refractivity contribution in [2.24, 2.45) is 33.4 Å². The molecule has 1 amide bonds. The summed E-state index contributed by atoms with van der Waals surface area (Å²) in [7, 11) is 0. The van der Waals surface area contributed by atoms with Crippen molar-refractivity contribution in [3.05, 3.63) is 47.2 Å². The third-order valence-electron chi connectivity index (χ3n) is 7.84. The first-order valence-corrected chi connectivity index (χ1v) is 14.6. The second-order valence-corrected chi connectivity index (χ2v) is 12.1. The predicted molar refractivity (Wildman–Crippen MR) is 163 cm³/mol. The van der Waals surface area contributed by atoms with E-state index in [-0.39, 0.29) is 36.5 Å². The Kier molecular flexibility index (Phi) is 14.9. The zero-order valence-corrected chi connectivity index (χ0v) is 25.8. The van der Waals surface area contributed by atoms with Gasteiger partial charge in [0.25, 0.3) is 0 Å². The number of allylic oxidation sites excluding steroid dienone is 1. The van der Waals surface area contributed by atoms with Crippen molar-refractivity contribution < 1.29 is 20.6 Å². The number of unbranched alkanes of at least 4 members (excludes halogenated alkanes) is 1. The molecule has 4 rings (SSSR count). The third kappa shape index (κ3) is 10.2. The van der Waals surface area contributed by atoms with E-state index in [9.17, 15) is 9.59 Å². The highest BCUT2D eigenvalue weighted by atomic mass is 16.2. The highest BCUT2D eigenvalue weighted by Gasteiger charge is 2.46. The Morgan fingerprint density at radius 3 is 2.15 bits per heavy atom. The molecule has 40 heavy (non-hydrogen) atoms. The van der Waals surface area contributed by atoms with Crippen LogP contribution >= 0.6 is 0 Å². The maximum Gasteiger partial charge on any atom is 0.229 e. The predicted octanol–water partition coefficient (Wildman–Crippen LogP) is 7.21. The van der Waals surface area contributed by atoms with Crippen LogP contribution in [0.1, 0.15) is 92.6 Å². The van der Waals surface area contributed by atoms with Gasteiger partial charge in [-0.3, -0.25) is 9.59 Å². The number of benzene rings is 1. The van der Waals surface area contributed by atoms with E-state index in [1.165, 1.54) is 43.2 Å². The summed E-state index contributed by atoms with van der Waals surface area (Å²) < 4.78 is 0. The number of hydrogen-bond donors (Lipinski definition) is 0. The van der Waals surface area contributed by atoms with Gasteiger partial charge in [0.05, 0.1) is 17.7 Å². The van der Waals surface area contributed by atoms with Gasteiger partial charge in [-0.2, -0.15) is 10.2 Å². The van der Waals surface area contributed by atoms with Gasteiger partial charge in [0.15, 0.2) is 5.78 Å². The minimum atomic E-state index is -0.273. The van der Waals surface area contributed by atoms with Crippen LogP contribution in [0.3, 0.4) is 0 Å². The number of azo groups is 1. The molecule has 0 spiro atoms. The molecule has 0 N–H and O–H groups in total. The second kappa shape index (κ2) is 17.0. The molecule has 3 aliphatic rings. The lowest BCUT2D eigenvalue weighted by molar-refractivity contribution is -0.143. The van der Waals surface area contributed by atoms with Crippen molar-refractivity contribution in [1.82, 2.24) is 4.90 Å². The highest BCUT2D eigenvalue weighted by Crippen LogP contribution is 2.43. The topological polar surface area (TPSA) is 96.2 Å². The van der Waals surface area contributed by atoms with Crippen molar-refractivity contribution in [2.75, 3.05) is 6.54 Å². The molecule has 4 atom stereocenters. The van der Waals surface area contributed by atoms with Gasteiger partial charge in [0.2, 0.25) is 5.91 Å². The Balaban J connectivity index is 0.000000842. The average Bonchev–Trinajstić information content (AvgIpc) is 3.51. The van der Waals surface area contributed by atoms with Crippen LogP contribution in [0.2, 0.25) is 0 Å². The summed E-state index contributed by atoms with van der Waals surface area (Å²) in [6, 6.07) is 8.36. The van der Waals surface area contributed by atoms with Gasteiger partial charge in [0.1, 0.15) is 19.6 Å². The van der Waals surface area contributed by atoms with Gasteiger partial charge in [-0.1, -0.05) is 77.3 Å². The van der Waals surface area contributed by atoms with E-state index >= 15 is 0 Å². The number of carbonyl (C=O) groups excluding carboxylic acids is 4. The number of amides is 1. The minimum Gasteiger partial charge on any atom is -0.332 e. The summed E-state index contributed by atoms with van der Waals surface area (Å²) in [4.78, 5) is 43.4. The zero-order chi connectivity index (χ0) is 30.5. The normalized spacial score (nSPS) is 22.0. The SMILES string of the molecule is C=O.C=O.CCC1CC(C(C)=O)N(C(=O)C(C2C=C(C3CC3)N=N2)C(C)(C)C)C1.CCCCc1ccc(C)cc1.[HH]. The first-order chi connectivity index (χ1) is 19.0. The quantitative estimate of drug-likeness (QED) is 0.339. The molecule has 4 unspecified atom stereocenters. The Morgan fingerprint density at radius 1 is 1.07 bits per heavy atom. The maximum atomic E-state index is 13.5. The number of nitrogens with zero attached hydrogens (tertiary/aromatic N) is 3. The van der Waals surface area contributed by atoms with Gasteiger partial charge >= 0.3 is 0 Å². The number of carbonyl (C=O) groups is 4. The van der Waals surface area contributed by atoms with Gasteiger partial charge in [-0.05, 0) is 68.9 Å². The van der Waals surface area contributed by atoms with Crippen molar-refractivity contribution in [2.45, 2.75) is 105 Å². The molecule has 1 aromatic rings. The van der Waals surface area contributed by atoms with E-state index < -0.39 is 0 Å². The molecule has 2 heterocycles. The summed E-state index contributed by atoms with van der Waals surface area (Å²) >= 11 is 0. The van der Waals surface area contributed by atoms with Gasteiger partial charge in [0, 0.05) is 13.9 Å². The number of aryl methyl sites for hydroxylation is 2. The smallest absolute Gasteiger partial charge is 0.229 e. The molecule has 0 bridgehead atoms. The minimum absolute atomic E-state index is 0. The number of hydrogen-bond acceptors (Lipinski definition) is 6. The Labute approximate surface area is 243 Å². The summed E-state index contributed by atoms with van der Waals surface area (Å²) in [5.74, 6) is 0.858. The van der Waals surface area contributed by atoms with Crippen LogP contribution in [0.5, 0.6) is 0 Å². The van der Waals surface area contributed by atoms with Crippen LogP contribution in [0, 0.1) is 30.1 Å². The highest BCUT2D eigenvalue weighted by molar-refractivity contribution is 5.89. The van der Waals surface area contributed by atoms with Gasteiger partial charge in [-0.15, -0.1) is 0 Å². The van der Waals surface area contributed by atoms with E-state index in [4.69, 9.17) is 9.59 Å². The molecule has 0 aromatic heterocycles. The molecule has 1 aliphatic carbocycles. The van der Waals surface area contributed by atoms with E-state index in [0.717, 1.165) is 18.5 Å². The molecular formula is C33H53N3O4. The molecule has 224 valence electrons. The standard InChI is InChI=1S/C20H31N3O2.C11H16.2CH2O.H2/c1-6-13-9-17(12(2)24)23(11-13)19(25)18(20(3,4)5)16-10-15(21-22-16)14-7-8-14;1-3-4-5-11-8-6-10(2)7-9-11;2*1-2;/h10,13-14,16-18H,6-9,11H2,1-5H3;6-9H,3-5H2,1-2H3;2*1H2;1H. The van der Waals surface area contributed by atoms with Crippen molar-refractivity contribution in [3.63, 3.8) is 0 Å². The molecule has 1 saturated heterocycles. The van der Waals surface area contributed by atoms with Crippen molar-refractivity contribution in [3.8, 4) is 0 Å². The monoisotopic (exact) mass is 555 g/mol.